The molecule has 0 radical (unpaired) electrons. The Morgan fingerprint density at radius 3 is 2.76 bits per heavy atom. The van der Waals surface area contributed by atoms with Gasteiger partial charge >= 0.3 is 0 Å². The minimum atomic E-state index is -3.97. The van der Waals surface area contributed by atoms with Gasteiger partial charge in [-0.3, -0.25) is 10.1 Å². The second kappa shape index (κ2) is 5.60. The Balaban J connectivity index is 2.56. The summed E-state index contributed by atoms with van der Waals surface area (Å²) in [4.78, 5) is 10.0. The molecule has 0 aromatic heterocycles. The maximum atomic E-state index is 12.5. The summed E-state index contributed by atoms with van der Waals surface area (Å²) in [5.41, 5.74) is -0.146. The fraction of sp³-hybridized carbons (Fsp3) is 0.417. The summed E-state index contributed by atoms with van der Waals surface area (Å²) in [6.07, 6.45) is 1.04. The summed E-state index contributed by atoms with van der Waals surface area (Å²) in [6.45, 7) is 1.67. The average molecular weight is 330 g/mol. The lowest BCUT2D eigenvalue weighted by molar-refractivity contribution is -0.385. The summed E-state index contributed by atoms with van der Waals surface area (Å²) in [5, 5.41) is 20.0. The number of hydrogen-bond donors (Lipinski definition) is 0. The van der Waals surface area contributed by atoms with Gasteiger partial charge in [-0.05, 0) is 25.8 Å². The highest BCUT2D eigenvalue weighted by Crippen LogP contribution is 2.33. The van der Waals surface area contributed by atoms with Gasteiger partial charge in [0.05, 0.1) is 20.9 Å². The number of nitriles is 1. The van der Waals surface area contributed by atoms with Gasteiger partial charge in [0.15, 0.2) is 0 Å². The third-order valence-electron chi connectivity index (χ3n) is 3.45. The van der Waals surface area contributed by atoms with E-state index in [4.69, 9.17) is 16.9 Å². The molecule has 0 saturated carbocycles. The van der Waals surface area contributed by atoms with Crippen molar-refractivity contribution in [1.29, 1.82) is 5.26 Å². The molecule has 2 rings (SSSR count). The Hall–Kier alpha value is -1.69. The highest BCUT2D eigenvalue weighted by Gasteiger charge is 2.36. The molecule has 1 aliphatic rings. The molecule has 1 atom stereocenters. The fourth-order valence-corrected chi connectivity index (χ4v) is 4.21. The van der Waals surface area contributed by atoms with Crippen LogP contribution in [0.3, 0.4) is 0 Å². The first-order valence-corrected chi connectivity index (χ1v) is 7.97. The smallest absolute Gasteiger partial charge is 0.258 e. The average Bonchev–Trinajstić information content (AvgIpc) is 2.90. The van der Waals surface area contributed by atoms with Crippen LogP contribution in [-0.2, 0) is 10.0 Å². The van der Waals surface area contributed by atoms with Crippen LogP contribution < -0.4 is 0 Å². The van der Waals surface area contributed by atoms with Gasteiger partial charge in [0.1, 0.15) is 6.04 Å². The molecular weight excluding hydrogens is 318 g/mol. The molecule has 1 heterocycles. The highest BCUT2D eigenvalue weighted by atomic mass is 35.5. The van der Waals surface area contributed by atoms with Crippen LogP contribution in [0.1, 0.15) is 18.4 Å². The number of nitro groups is 1. The van der Waals surface area contributed by atoms with Gasteiger partial charge in [-0.2, -0.15) is 9.57 Å². The normalized spacial score (nSPS) is 19.4. The molecule has 9 heteroatoms. The molecule has 1 aromatic carbocycles. The molecule has 0 N–H and O–H groups in total. The van der Waals surface area contributed by atoms with E-state index in [0.717, 1.165) is 10.4 Å². The Bertz CT molecular complexity index is 742. The Labute approximate surface area is 126 Å². The second-order valence-electron chi connectivity index (χ2n) is 4.71. The molecular formula is C12H12ClN3O4S. The number of nitrogens with zero attached hydrogens (tertiary/aromatic N) is 3. The van der Waals surface area contributed by atoms with Gasteiger partial charge in [-0.25, -0.2) is 8.42 Å². The minimum absolute atomic E-state index is 0.00970. The number of hydrogen-bond acceptors (Lipinski definition) is 5. The topological polar surface area (TPSA) is 104 Å². The molecule has 1 aliphatic heterocycles. The first-order valence-electron chi connectivity index (χ1n) is 6.15. The Morgan fingerprint density at radius 1 is 1.52 bits per heavy atom. The van der Waals surface area contributed by atoms with E-state index in [0.29, 0.717) is 12.8 Å². The Kier molecular flexibility index (Phi) is 4.18. The zero-order valence-corrected chi connectivity index (χ0v) is 12.7. The monoisotopic (exact) mass is 329 g/mol. The molecule has 7 nitrogen and oxygen atoms in total. The zero-order valence-electron chi connectivity index (χ0n) is 11.1. The Morgan fingerprint density at radius 2 is 2.19 bits per heavy atom. The number of halogens is 1. The van der Waals surface area contributed by atoms with Gasteiger partial charge in [0.25, 0.3) is 5.69 Å². The maximum absolute atomic E-state index is 12.5. The van der Waals surface area contributed by atoms with Crippen molar-refractivity contribution in [2.24, 2.45) is 0 Å². The van der Waals surface area contributed by atoms with Crippen molar-refractivity contribution < 1.29 is 13.3 Å². The van der Waals surface area contributed by atoms with Crippen LogP contribution in [0.4, 0.5) is 5.69 Å². The molecule has 0 amide bonds. The van der Waals surface area contributed by atoms with Crippen molar-refractivity contribution in [2.75, 3.05) is 6.54 Å². The number of benzene rings is 1. The highest BCUT2D eigenvalue weighted by molar-refractivity contribution is 7.89. The van der Waals surface area contributed by atoms with E-state index in [-0.39, 0.29) is 27.7 Å². The third kappa shape index (κ3) is 2.72. The van der Waals surface area contributed by atoms with Crippen molar-refractivity contribution in [3.05, 3.63) is 32.8 Å². The first-order chi connectivity index (χ1) is 9.78. The van der Waals surface area contributed by atoms with Crippen molar-refractivity contribution >= 4 is 27.3 Å². The summed E-state index contributed by atoms with van der Waals surface area (Å²) in [7, 11) is -3.97. The van der Waals surface area contributed by atoms with E-state index in [2.05, 4.69) is 0 Å². The first kappa shape index (κ1) is 15.7. The lowest BCUT2D eigenvalue weighted by Crippen LogP contribution is -2.34. The van der Waals surface area contributed by atoms with E-state index >= 15 is 0 Å². The maximum Gasteiger partial charge on any atom is 0.275 e. The van der Waals surface area contributed by atoms with Crippen LogP contribution in [0.5, 0.6) is 0 Å². The molecule has 112 valence electrons. The standard InChI is InChI=1S/C12H12ClN3O4S/c1-8-11(13)5-10(6-12(8)16(17)18)21(19,20)15-4-2-3-9(15)7-14/h5-6,9H,2-4H2,1H3. The largest absolute Gasteiger partial charge is 0.275 e. The number of rotatable bonds is 3. The van der Waals surface area contributed by atoms with Gasteiger partial charge in [-0.15, -0.1) is 0 Å². The van der Waals surface area contributed by atoms with Crippen LogP contribution in [0.25, 0.3) is 0 Å². The summed E-state index contributed by atoms with van der Waals surface area (Å²) >= 11 is 5.89. The zero-order chi connectivity index (χ0) is 15.8. The number of nitro benzene ring substituents is 1. The van der Waals surface area contributed by atoms with Crippen molar-refractivity contribution in [2.45, 2.75) is 30.7 Å². The predicted octanol–water partition coefficient (Wildman–Crippen LogP) is 2.23. The van der Waals surface area contributed by atoms with E-state index in [1.54, 1.807) is 0 Å². The molecule has 1 unspecified atom stereocenters. The molecule has 1 fully saturated rings. The van der Waals surface area contributed by atoms with Crippen LogP contribution in [0.2, 0.25) is 5.02 Å². The van der Waals surface area contributed by atoms with Crippen molar-refractivity contribution in [3.8, 4) is 6.07 Å². The lowest BCUT2D eigenvalue weighted by atomic mass is 10.2. The van der Waals surface area contributed by atoms with Crippen LogP contribution in [0.15, 0.2) is 17.0 Å². The number of sulfonamides is 1. The summed E-state index contributed by atoms with van der Waals surface area (Å²) < 4.78 is 26.1. The third-order valence-corrected chi connectivity index (χ3v) is 5.72. The second-order valence-corrected chi connectivity index (χ2v) is 7.01. The van der Waals surface area contributed by atoms with E-state index < -0.39 is 21.0 Å². The van der Waals surface area contributed by atoms with Crippen LogP contribution >= 0.6 is 11.6 Å². The molecule has 21 heavy (non-hydrogen) atoms. The minimum Gasteiger partial charge on any atom is -0.258 e. The molecule has 0 bridgehead atoms. The van der Waals surface area contributed by atoms with E-state index in [1.807, 2.05) is 6.07 Å². The van der Waals surface area contributed by atoms with Crippen molar-refractivity contribution in [1.82, 2.24) is 4.31 Å². The molecule has 0 spiro atoms. The SMILES string of the molecule is Cc1c(Cl)cc(S(=O)(=O)N2CCCC2C#N)cc1[N+](=O)[O-]. The van der Waals surface area contributed by atoms with Gasteiger partial charge in [-0.1, -0.05) is 11.6 Å². The summed E-state index contributed by atoms with van der Waals surface area (Å²) in [6, 6.07) is 3.37. The lowest BCUT2D eigenvalue weighted by Gasteiger charge is -2.19. The summed E-state index contributed by atoms with van der Waals surface area (Å²) in [5.74, 6) is 0. The quantitative estimate of drug-likeness (QED) is 0.624. The molecule has 0 aliphatic carbocycles. The fourth-order valence-electron chi connectivity index (χ4n) is 2.27. The van der Waals surface area contributed by atoms with Crippen LogP contribution in [-0.4, -0.2) is 30.2 Å². The van der Waals surface area contributed by atoms with Crippen LogP contribution in [0, 0.1) is 28.4 Å². The molecule has 1 aromatic rings. The molecule has 1 saturated heterocycles. The van der Waals surface area contributed by atoms with E-state index in [9.17, 15) is 18.5 Å². The van der Waals surface area contributed by atoms with Crippen molar-refractivity contribution in [3.63, 3.8) is 0 Å². The van der Waals surface area contributed by atoms with E-state index in [1.165, 1.54) is 13.0 Å². The van der Waals surface area contributed by atoms with Gasteiger partial charge in [0.2, 0.25) is 10.0 Å². The van der Waals surface area contributed by atoms with Gasteiger partial charge in [0, 0.05) is 18.2 Å². The van der Waals surface area contributed by atoms with Gasteiger partial charge < -0.3 is 0 Å². The predicted molar refractivity (Wildman–Crippen MR) is 75.4 cm³/mol.